The van der Waals surface area contributed by atoms with E-state index >= 15 is 0 Å². The van der Waals surface area contributed by atoms with E-state index < -0.39 is 0 Å². The molecule has 0 aromatic heterocycles. The molecule has 1 aromatic rings. The summed E-state index contributed by atoms with van der Waals surface area (Å²) in [4.78, 5) is 11.3. The Kier molecular flexibility index (Phi) is 3.67. The lowest BCUT2D eigenvalue weighted by atomic mass is 9.82. The molecule has 0 heterocycles. The second-order valence-electron chi connectivity index (χ2n) is 4.90. The average Bonchev–Trinajstić information content (AvgIpc) is 2.27. The van der Waals surface area contributed by atoms with E-state index in [-0.39, 0.29) is 5.91 Å². The molecular formula is C14H20N2O. The molecule has 1 aliphatic rings. The number of anilines is 2. The zero-order valence-electron chi connectivity index (χ0n) is 10.5. The Balaban J connectivity index is 1.94. The minimum atomic E-state index is 0.0550. The number of carbonyl (C=O) groups excluding carboxylic acids is 1. The van der Waals surface area contributed by atoms with E-state index in [0.29, 0.717) is 12.5 Å². The highest BCUT2D eigenvalue weighted by atomic mass is 16.1. The molecule has 3 nitrogen and oxygen atoms in total. The largest absolute Gasteiger partial charge is 0.382 e. The number of hydrogen-bond acceptors (Lipinski definition) is 2. The van der Waals surface area contributed by atoms with Crippen LogP contribution in [0.25, 0.3) is 0 Å². The number of carbonyl (C=O) groups is 1. The molecule has 0 radical (unpaired) electrons. The summed E-state index contributed by atoms with van der Waals surface area (Å²) in [5.41, 5.74) is 1.96. The number of benzene rings is 1. The molecule has 0 saturated heterocycles. The van der Waals surface area contributed by atoms with Crippen LogP contribution in [0.1, 0.15) is 33.1 Å². The lowest BCUT2D eigenvalue weighted by Gasteiger charge is -2.34. The zero-order valence-corrected chi connectivity index (χ0v) is 10.5. The van der Waals surface area contributed by atoms with Crippen LogP contribution in [0, 0.1) is 5.92 Å². The van der Waals surface area contributed by atoms with Crippen LogP contribution in [-0.2, 0) is 4.79 Å². The van der Waals surface area contributed by atoms with Crippen molar-refractivity contribution >= 4 is 17.3 Å². The number of hydrogen-bond donors (Lipinski definition) is 2. The molecule has 2 N–H and O–H groups in total. The maximum Gasteiger partial charge on any atom is 0.224 e. The van der Waals surface area contributed by atoms with Gasteiger partial charge in [-0.1, -0.05) is 19.9 Å². The molecule has 1 amide bonds. The van der Waals surface area contributed by atoms with Crippen LogP contribution < -0.4 is 10.6 Å². The maximum absolute atomic E-state index is 11.3. The molecule has 2 rings (SSSR count). The van der Waals surface area contributed by atoms with E-state index in [4.69, 9.17) is 0 Å². The first-order valence-corrected chi connectivity index (χ1v) is 6.34. The molecule has 0 aliphatic heterocycles. The topological polar surface area (TPSA) is 41.1 Å². The third-order valence-corrected chi connectivity index (χ3v) is 3.21. The molecule has 17 heavy (non-hydrogen) atoms. The molecule has 1 aromatic carbocycles. The van der Waals surface area contributed by atoms with Gasteiger partial charge in [-0.15, -0.1) is 0 Å². The van der Waals surface area contributed by atoms with Crippen LogP contribution in [0.3, 0.4) is 0 Å². The molecule has 3 heteroatoms. The van der Waals surface area contributed by atoms with Gasteiger partial charge in [0.2, 0.25) is 5.91 Å². The molecule has 0 atom stereocenters. The molecule has 1 aliphatic carbocycles. The predicted octanol–water partition coefficient (Wildman–Crippen LogP) is 3.25. The Hall–Kier alpha value is -1.51. The quantitative estimate of drug-likeness (QED) is 0.836. The first kappa shape index (κ1) is 12.0. The minimum Gasteiger partial charge on any atom is -0.382 e. The Morgan fingerprint density at radius 2 is 2.06 bits per heavy atom. The van der Waals surface area contributed by atoms with Gasteiger partial charge < -0.3 is 10.6 Å². The van der Waals surface area contributed by atoms with E-state index in [9.17, 15) is 4.79 Å². The summed E-state index contributed by atoms with van der Waals surface area (Å²) in [6.45, 7) is 4.13. The molecule has 1 saturated carbocycles. The second kappa shape index (κ2) is 5.21. The fourth-order valence-corrected chi connectivity index (χ4v) is 2.19. The highest BCUT2D eigenvalue weighted by Gasteiger charge is 2.24. The van der Waals surface area contributed by atoms with E-state index in [1.807, 2.05) is 31.2 Å². The zero-order chi connectivity index (χ0) is 12.3. The van der Waals surface area contributed by atoms with Crippen molar-refractivity contribution in [2.24, 2.45) is 5.92 Å². The SMILES string of the molecule is CCC(=O)Nc1cccc(NC2CC(C)C2)c1. The van der Waals surface area contributed by atoms with Gasteiger partial charge in [0.05, 0.1) is 0 Å². The summed E-state index contributed by atoms with van der Waals surface area (Å²) in [5, 5.41) is 6.36. The average molecular weight is 232 g/mol. The third kappa shape index (κ3) is 3.22. The molecule has 0 bridgehead atoms. The van der Waals surface area contributed by atoms with Gasteiger partial charge in [0, 0.05) is 23.8 Å². The van der Waals surface area contributed by atoms with Crippen LogP contribution in [-0.4, -0.2) is 11.9 Å². The summed E-state index contributed by atoms with van der Waals surface area (Å²) < 4.78 is 0. The Morgan fingerprint density at radius 1 is 1.35 bits per heavy atom. The van der Waals surface area contributed by atoms with Crippen LogP contribution in [0.2, 0.25) is 0 Å². The normalized spacial score (nSPS) is 22.7. The van der Waals surface area contributed by atoms with Crippen molar-refractivity contribution in [2.45, 2.75) is 39.2 Å². The molecule has 0 unspecified atom stereocenters. The Morgan fingerprint density at radius 3 is 2.71 bits per heavy atom. The summed E-state index contributed by atoms with van der Waals surface area (Å²) in [6.07, 6.45) is 2.99. The van der Waals surface area contributed by atoms with Crippen LogP contribution in [0.15, 0.2) is 24.3 Å². The minimum absolute atomic E-state index is 0.0550. The first-order chi connectivity index (χ1) is 8.17. The lowest BCUT2D eigenvalue weighted by molar-refractivity contribution is -0.115. The van der Waals surface area contributed by atoms with Gasteiger partial charge in [-0.25, -0.2) is 0 Å². The molecule has 1 fully saturated rings. The van der Waals surface area contributed by atoms with Gasteiger partial charge in [0.1, 0.15) is 0 Å². The van der Waals surface area contributed by atoms with Crippen molar-refractivity contribution in [3.8, 4) is 0 Å². The summed E-state index contributed by atoms with van der Waals surface area (Å²) in [6, 6.07) is 8.53. The lowest BCUT2D eigenvalue weighted by Crippen LogP contribution is -2.33. The Labute approximate surface area is 103 Å². The van der Waals surface area contributed by atoms with Gasteiger partial charge in [0.15, 0.2) is 0 Å². The van der Waals surface area contributed by atoms with Crippen LogP contribution in [0.5, 0.6) is 0 Å². The monoisotopic (exact) mass is 232 g/mol. The summed E-state index contributed by atoms with van der Waals surface area (Å²) in [5.74, 6) is 0.898. The van der Waals surface area contributed by atoms with Crippen molar-refractivity contribution < 1.29 is 4.79 Å². The van der Waals surface area contributed by atoms with Gasteiger partial charge in [0.25, 0.3) is 0 Å². The van der Waals surface area contributed by atoms with E-state index in [2.05, 4.69) is 17.6 Å². The number of amides is 1. The van der Waals surface area contributed by atoms with Crippen molar-refractivity contribution in [1.29, 1.82) is 0 Å². The van der Waals surface area contributed by atoms with E-state index in [0.717, 1.165) is 17.3 Å². The molecular weight excluding hydrogens is 212 g/mol. The van der Waals surface area contributed by atoms with Gasteiger partial charge in [-0.2, -0.15) is 0 Å². The van der Waals surface area contributed by atoms with Crippen molar-refractivity contribution in [1.82, 2.24) is 0 Å². The maximum atomic E-state index is 11.3. The number of rotatable bonds is 4. The Bertz CT molecular complexity index is 397. The van der Waals surface area contributed by atoms with Crippen molar-refractivity contribution in [2.75, 3.05) is 10.6 Å². The van der Waals surface area contributed by atoms with Gasteiger partial charge in [-0.05, 0) is 37.0 Å². The first-order valence-electron chi connectivity index (χ1n) is 6.34. The summed E-state index contributed by atoms with van der Waals surface area (Å²) >= 11 is 0. The van der Waals surface area contributed by atoms with Gasteiger partial charge in [-0.3, -0.25) is 4.79 Å². The third-order valence-electron chi connectivity index (χ3n) is 3.21. The highest BCUT2D eigenvalue weighted by Crippen LogP contribution is 2.29. The fourth-order valence-electron chi connectivity index (χ4n) is 2.19. The van der Waals surface area contributed by atoms with Gasteiger partial charge >= 0.3 is 0 Å². The standard InChI is InChI=1S/C14H20N2O/c1-3-14(17)16-12-6-4-5-11(9-12)15-13-7-10(2)8-13/h4-6,9-10,13,15H,3,7-8H2,1-2H3,(H,16,17). The highest BCUT2D eigenvalue weighted by molar-refractivity contribution is 5.90. The van der Waals surface area contributed by atoms with E-state index in [1.165, 1.54) is 12.8 Å². The number of nitrogens with one attached hydrogen (secondary N) is 2. The summed E-state index contributed by atoms with van der Waals surface area (Å²) in [7, 11) is 0. The fraction of sp³-hybridized carbons (Fsp3) is 0.500. The van der Waals surface area contributed by atoms with Crippen LogP contribution >= 0.6 is 0 Å². The smallest absolute Gasteiger partial charge is 0.224 e. The van der Waals surface area contributed by atoms with Crippen LogP contribution in [0.4, 0.5) is 11.4 Å². The molecule has 92 valence electrons. The van der Waals surface area contributed by atoms with Crippen molar-refractivity contribution in [3.05, 3.63) is 24.3 Å². The second-order valence-corrected chi connectivity index (χ2v) is 4.90. The predicted molar refractivity (Wildman–Crippen MR) is 71.2 cm³/mol. The van der Waals surface area contributed by atoms with Crippen molar-refractivity contribution in [3.63, 3.8) is 0 Å². The molecule has 0 spiro atoms. The van der Waals surface area contributed by atoms with E-state index in [1.54, 1.807) is 0 Å².